The predicted octanol–water partition coefficient (Wildman–Crippen LogP) is 4.69. The van der Waals surface area contributed by atoms with Crippen LogP contribution in [0.25, 0.3) is 0 Å². The summed E-state index contributed by atoms with van der Waals surface area (Å²) in [5.41, 5.74) is 0.799. The van der Waals surface area contributed by atoms with Gasteiger partial charge in [0, 0.05) is 10.5 Å². The lowest BCUT2D eigenvalue weighted by molar-refractivity contribution is 0.475. The molecule has 1 N–H and O–H groups in total. The largest absolute Gasteiger partial charge is 0.317 e. The molecule has 0 aliphatic carbocycles. The third-order valence-electron chi connectivity index (χ3n) is 3.30. The van der Waals surface area contributed by atoms with Crippen LogP contribution in [-0.2, 0) is 6.42 Å². The predicted molar refractivity (Wildman–Crippen MR) is 79.4 cm³/mol. The molecule has 1 atom stereocenters. The zero-order valence-electron chi connectivity index (χ0n) is 11.3. The number of likely N-dealkylation sites (N-methyl/N-ethyl adjacent to an activating group) is 1. The number of benzene rings is 1. The van der Waals surface area contributed by atoms with E-state index in [2.05, 4.69) is 28.2 Å². The van der Waals surface area contributed by atoms with Crippen molar-refractivity contribution in [2.24, 2.45) is 0 Å². The van der Waals surface area contributed by atoms with E-state index in [-0.39, 0.29) is 5.82 Å². The monoisotopic (exact) mass is 315 g/mol. The average molecular weight is 316 g/mol. The van der Waals surface area contributed by atoms with Crippen LogP contribution in [-0.4, -0.2) is 13.1 Å². The van der Waals surface area contributed by atoms with E-state index in [1.165, 1.54) is 25.7 Å². The van der Waals surface area contributed by atoms with E-state index in [0.717, 1.165) is 22.9 Å². The van der Waals surface area contributed by atoms with Crippen molar-refractivity contribution in [1.82, 2.24) is 5.32 Å². The van der Waals surface area contributed by atoms with Crippen LogP contribution in [0, 0.1) is 5.82 Å². The zero-order valence-corrected chi connectivity index (χ0v) is 12.9. The fraction of sp³-hybridized carbons (Fsp3) is 0.600. The van der Waals surface area contributed by atoms with E-state index in [1.807, 2.05) is 19.2 Å². The summed E-state index contributed by atoms with van der Waals surface area (Å²) in [5.74, 6) is -0.113. The Hall–Kier alpha value is -0.410. The van der Waals surface area contributed by atoms with Crippen molar-refractivity contribution >= 4 is 15.9 Å². The molecule has 3 heteroatoms. The van der Waals surface area contributed by atoms with Crippen molar-refractivity contribution in [1.29, 1.82) is 0 Å². The molecule has 102 valence electrons. The Labute approximate surface area is 118 Å². The highest BCUT2D eigenvalue weighted by atomic mass is 79.9. The topological polar surface area (TPSA) is 12.0 Å². The van der Waals surface area contributed by atoms with E-state index in [4.69, 9.17) is 0 Å². The van der Waals surface area contributed by atoms with Crippen molar-refractivity contribution in [3.63, 3.8) is 0 Å². The minimum Gasteiger partial charge on any atom is -0.317 e. The Morgan fingerprint density at radius 2 is 2.06 bits per heavy atom. The first-order valence-corrected chi connectivity index (χ1v) is 7.57. The molecule has 0 bridgehead atoms. The molecule has 0 heterocycles. The maximum atomic E-state index is 13.7. The summed E-state index contributed by atoms with van der Waals surface area (Å²) in [5, 5.41) is 3.29. The van der Waals surface area contributed by atoms with E-state index in [9.17, 15) is 4.39 Å². The van der Waals surface area contributed by atoms with Crippen molar-refractivity contribution in [3.8, 4) is 0 Å². The summed E-state index contributed by atoms with van der Waals surface area (Å²) in [6.45, 7) is 2.22. The molecule has 0 aliphatic rings. The molecule has 0 aromatic heterocycles. The van der Waals surface area contributed by atoms with Gasteiger partial charge in [0.2, 0.25) is 0 Å². The van der Waals surface area contributed by atoms with E-state index < -0.39 is 0 Å². The van der Waals surface area contributed by atoms with Gasteiger partial charge in [0.1, 0.15) is 5.82 Å². The summed E-state index contributed by atoms with van der Waals surface area (Å²) >= 11 is 3.28. The highest BCUT2D eigenvalue weighted by Gasteiger charge is 2.10. The van der Waals surface area contributed by atoms with Crippen LogP contribution in [0.5, 0.6) is 0 Å². The molecule has 1 nitrogen and oxygen atoms in total. The molecule has 0 amide bonds. The number of rotatable bonds is 8. The zero-order chi connectivity index (χ0) is 13.4. The Morgan fingerprint density at radius 3 is 2.67 bits per heavy atom. The van der Waals surface area contributed by atoms with Crippen LogP contribution in [0.2, 0.25) is 0 Å². The van der Waals surface area contributed by atoms with Gasteiger partial charge in [0.25, 0.3) is 0 Å². The minimum absolute atomic E-state index is 0.113. The molecule has 0 fully saturated rings. The van der Waals surface area contributed by atoms with Crippen LogP contribution < -0.4 is 5.32 Å². The molecular weight excluding hydrogens is 293 g/mol. The maximum absolute atomic E-state index is 13.7. The Bertz CT molecular complexity index is 354. The molecule has 18 heavy (non-hydrogen) atoms. The standard InChI is InChI=1S/C15H23BrFN/c1-3-4-5-6-7-14(18-2)10-12-8-9-13(16)11-15(12)17/h8-9,11,14,18H,3-7,10H2,1-2H3. The van der Waals surface area contributed by atoms with Crippen LogP contribution in [0.4, 0.5) is 4.39 Å². The van der Waals surface area contributed by atoms with Gasteiger partial charge in [-0.2, -0.15) is 0 Å². The van der Waals surface area contributed by atoms with Gasteiger partial charge >= 0.3 is 0 Å². The van der Waals surface area contributed by atoms with Crippen molar-refractivity contribution in [2.75, 3.05) is 7.05 Å². The van der Waals surface area contributed by atoms with Gasteiger partial charge in [0.05, 0.1) is 0 Å². The summed E-state index contributed by atoms with van der Waals surface area (Å²) in [6, 6.07) is 5.69. The van der Waals surface area contributed by atoms with E-state index in [1.54, 1.807) is 6.07 Å². The normalized spacial score (nSPS) is 12.7. The number of unbranched alkanes of at least 4 members (excludes halogenated alkanes) is 3. The van der Waals surface area contributed by atoms with Gasteiger partial charge in [0.15, 0.2) is 0 Å². The average Bonchev–Trinajstić information content (AvgIpc) is 2.35. The SMILES string of the molecule is CCCCCCC(Cc1ccc(Br)cc1F)NC. The van der Waals surface area contributed by atoms with E-state index in [0.29, 0.717) is 6.04 Å². The molecule has 1 unspecified atom stereocenters. The molecular formula is C15H23BrFN. The first-order valence-electron chi connectivity index (χ1n) is 6.78. The second-order valence-corrected chi connectivity index (χ2v) is 5.69. The van der Waals surface area contributed by atoms with Gasteiger partial charge in [-0.05, 0) is 37.6 Å². The van der Waals surface area contributed by atoms with E-state index >= 15 is 0 Å². The van der Waals surface area contributed by atoms with Gasteiger partial charge in [-0.15, -0.1) is 0 Å². The summed E-state index contributed by atoms with van der Waals surface area (Å²) in [6.07, 6.45) is 6.93. The highest BCUT2D eigenvalue weighted by Crippen LogP contribution is 2.18. The highest BCUT2D eigenvalue weighted by molar-refractivity contribution is 9.10. The van der Waals surface area contributed by atoms with Gasteiger partial charge in [-0.25, -0.2) is 4.39 Å². The lowest BCUT2D eigenvalue weighted by Crippen LogP contribution is -2.27. The number of hydrogen-bond donors (Lipinski definition) is 1. The van der Waals surface area contributed by atoms with Gasteiger partial charge in [-0.1, -0.05) is 54.6 Å². The van der Waals surface area contributed by atoms with Crippen LogP contribution in [0.3, 0.4) is 0 Å². The Balaban J connectivity index is 2.46. The number of halogens is 2. The fourth-order valence-corrected chi connectivity index (χ4v) is 2.45. The van der Waals surface area contributed by atoms with Crippen molar-refractivity contribution < 1.29 is 4.39 Å². The lowest BCUT2D eigenvalue weighted by Gasteiger charge is -2.16. The minimum atomic E-state index is -0.113. The molecule has 1 aromatic carbocycles. The van der Waals surface area contributed by atoms with Gasteiger partial charge < -0.3 is 5.32 Å². The van der Waals surface area contributed by atoms with Gasteiger partial charge in [-0.3, -0.25) is 0 Å². The third-order valence-corrected chi connectivity index (χ3v) is 3.79. The van der Waals surface area contributed by atoms with Crippen LogP contribution >= 0.6 is 15.9 Å². The Morgan fingerprint density at radius 1 is 1.28 bits per heavy atom. The molecule has 0 spiro atoms. The number of hydrogen-bond acceptors (Lipinski definition) is 1. The summed E-state index contributed by atoms with van der Waals surface area (Å²) in [4.78, 5) is 0. The third kappa shape index (κ3) is 5.49. The molecule has 0 saturated carbocycles. The quantitative estimate of drug-likeness (QED) is 0.686. The molecule has 0 aliphatic heterocycles. The fourth-order valence-electron chi connectivity index (χ4n) is 2.12. The Kier molecular flexibility index (Phi) is 7.52. The summed E-state index contributed by atoms with van der Waals surface area (Å²) in [7, 11) is 1.96. The maximum Gasteiger partial charge on any atom is 0.127 e. The molecule has 1 rings (SSSR count). The smallest absolute Gasteiger partial charge is 0.127 e. The second-order valence-electron chi connectivity index (χ2n) is 4.77. The van der Waals surface area contributed by atoms with Crippen LogP contribution in [0.1, 0.15) is 44.6 Å². The molecule has 0 saturated heterocycles. The lowest BCUT2D eigenvalue weighted by atomic mass is 10.00. The second kappa shape index (κ2) is 8.65. The molecule has 1 aromatic rings. The van der Waals surface area contributed by atoms with Crippen molar-refractivity contribution in [3.05, 3.63) is 34.1 Å². The number of nitrogens with one attached hydrogen (secondary N) is 1. The first kappa shape index (κ1) is 15.6. The molecule has 0 radical (unpaired) electrons. The van der Waals surface area contributed by atoms with Crippen molar-refractivity contribution in [2.45, 2.75) is 51.5 Å². The van der Waals surface area contributed by atoms with Crippen LogP contribution in [0.15, 0.2) is 22.7 Å². The first-order chi connectivity index (χ1) is 8.67. The summed E-state index contributed by atoms with van der Waals surface area (Å²) < 4.78 is 14.5.